The molecule has 0 saturated carbocycles. The highest BCUT2D eigenvalue weighted by atomic mass is 32.2. The predicted molar refractivity (Wildman–Crippen MR) is 136 cm³/mol. The van der Waals surface area contributed by atoms with Crippen LogP contribution in [0.1, 0.15) is 12.5 Å². The Morgan fingerprint density at radius 3 is 2.86 bits per heavy atom. The van der Waals surface area contributed by atoms with Gasteiger partial charge >= 0.3 is 5.97 Å². The molecule has 0 aromatic carbocycles. The van der Waals surface area contributed by atoms with Crippen LogP contribution < -0.4 is 15.6 Å². The first-order valence-corrected chi connectivity index (χ1v) is 13.1. The zero-order valence-electron chi connectivity index (χ0n) is 19.5. The zero-order valence-corrected chi connectivity index (χ0v) is 21.2. The number of rotatable bonds is 8. The summed E-state index contributed by atoms with van der Waals surface area (Å²) in [5.41, 5.74) is 6.22. The lowest BCUT2D eigenvalue weighted by atomic mass is 10.0. The van der Waals surface area contributed by atoms with E-state index in [0.717, 1.165) is 10.1 Å². The van der Waals surface area contributed by atoms with Crippen molar-refractivity contribution in [3.8, 4) is 0 Å². The third-order valence-corrected chi connectivity index (χ3v) is 8.04. The molecule has 3 aromatic rings. The van der Waals surface area contributed by atoms with E-state index in [2.05, 4.69) is 20.4 Å². The van der Waals surface area contributed by atoms with Gasteiger partial charge in [0.15, 0.2) is 24.7 Å². The third-order valence-electron chi connectivity index (χ3n) is 5.80. The molecule has 14 heteroatoms. The molecule has 2 amide bonds. The smallest absolute Gasteiger partial charge is 0.352 e. The normalized spacial score (nSPS) is 19.4. The van der Waals surface area contributed by atoms with E-state index in [1.54, 1.807) is 18.3 Å². The van der Waals surface area contributed by atoms with Crippen molar-refractivity contribution in [1.82, 2.24) is 20.2 Å². The van der Waals surface area contributed by atoms with Gasteiger partial charge in [-0.2, -0.15) is 0 Å². The number of anilines is 1. The zero-order chi connectivity index (χ0) is 26.1. The molecule has 5 rings (SSSR count). The Hall–Kier alpha value is -4.04. The largest absolute Gasteiger partial charge is 0.477 e. The summed E-state index contributed by atoms with van der Waals surface area (Å²) in [6.07, 6.45) is 6.50. The van der Waals surface area contributed by atoms with Gasteiger partial charge in [0, 0.05) is 40.0 Å². The highest BCUT2D eigenvalue weighted by Crippen LogP contribution is 2.40. The summed E-state index contributed by atoms with van der Waals surface area (Å²) in [4.78, 5) is 52.4. The summed E-state index contributed by atoms with van der Waals surface area (Å²) >= 11 is 3.02. The Balaban J connectivity index is 1.35. The summed E-state index contributed by atoms with van der Waals surface area (Å²) in [6, 6.07) is 3.05. The second-order valence-corrected chi connectivity index (χ2v) is 10.2. The number of aromatic nitrogens is 3. The van der Waals surface area contributed by atoms with Crippen LogP contribution in [0.25, 0.3) is 10.1 Å². The molecule has 3 aromatic heterocycles. The van der Waals surface area contributed by atoms with E-state index in [9.17, 15) is 19.5 Å². The summed E-state index contributed by atoms with van der Waals surface area (Å²) < 4.78 is 3.04. The van der Waals surface area contributed by atoms with Crippen molar-refractivity contribution in [1.29, 1.82) is 0 Å². The molecular weight excluding hydrogens is 518 g/mol. The number of amides is 2. The van der Waals surface area contributed by atoms with Crippen molar-refractivity contribution in [2.75, 3.05) is 18.1 Å². The average molecular weight is 541 g/mol. The van der Waals surface area contributed by atoms with E-state index in [1.165, 1.54) is 29.1 Å². The Bertz CT molecular complexity index is 1450. The molecule has 0 bridgehead atoms. The van der Waals surface area contributed by atoms with Gasteiger partial charge in [0.1, 0.15) is 23.7 Å². The first kappa shape index (κ1) is 24.6. The number of pyridine rings is 1. The highest BCUT2D eigenvalue weighted by molar-refractivity contribution is 8.00. The molecule has 37 heavy (non-hydrogen) atoms. The second-order valence-electron chi connectivity index (χ2n) is 8.16. The van der Waals surface area contributed by atoms with E-state index in [0.29, 0.717) is 17.9 Å². The van der Waals surface area contributed by atoms with E-state index < -0.39 is 29.2 Å². The number of aliphatic carboxylic acids is 1. The van der Waals surface area contributed by atoms with Crippen LogP contribution in [0, 0.1) is 0 Å². The van der Waals surface area contributed by atoms with Crippen LogP contribution >= 0.6 is 23.1 Å². The Morgan fingerprint density at radius 2 is 2.14 bits per heavy atom. The van der Waals surface area contributed by atoms with Crippen LogP contribution in [0.3, 0.4) is 0 Å². The first-order chi connectivity index (χ1) is 17.9. The molecule has 2 atom stereocenters. The number of nitrogens with zero attached hydrogens (tertiary/aromatic N) is 5. The Morgan fingerprint density at radius 1 is 1.35 bits per heavy atom. The topological polar surface area (TPSA) is 164 Å². The van der Waals surface area contributed by atoms with Gasteiger partial charge in [-0.1, -0.05) is 5.16 Å². The molecular formula is C23H22N7O5S2+. The van der Waals surface area contributed by atoms with Crippen molar-refractivity contribution in [2.24, 2.45) is 5.16 Å². The summed E-state index contributed by atoms with van der Waals surface area (Å²) in [7, 11) is 0. The lowest BCUT2D eigenvalue weighted by molar-refractivity contribution is -0.687. The number of hydrogen-bond donors (Lipinski definition) is 3. The first-order valence-electron chi connectivity index (χ1n) is 11.2. The van der Waals surface area contributed by atoms with Crippen molar-refractivity contribution in [2.45, 2.75) is 24.9 Å². The van der Waals surface area contributed by atoms with Crippen LogP contribution in [0.4, 0.5) is 5.95 Å². The number of carbonyl (C=O) groups excluding carboxylic acids is 2. The van der Waals surface area contributed by atoms with Gasteiger partial charge in [-0.3, -0.25) is 14.5 Å². The van der Waals surface area contributed by atoms with Crippen LogP contribution in [0.2, 0.25) is 0 Å². The van der Waals surface area contributed by atoms with Gasteiger partial charge in [-0.15, -0.1) is 23.1 Å². The molecule has 4 N–H and O–H groups in total. The van der Waals surface area contributed by atoms with Crippen molar-refractivity contribution in [3.05, 3.63) is 59.1 Å². The fraction of sp³-hybridized carbons (Fsp3) is 0.261. The fourth-order valence-electron chi connectivity index (χ4n) is 4.11. The number of nitrogen functional groups attached to an aromatic ring is 1. The maximum atomic E-state index is 13.1. The monoisotopic (exact) mass is 540 g/mol. The molecule has 0 spiro atoms. The van der Waals surface area contributed by atoms with Gasteiger partial charge < -0.3 is 21.0 Å². The van der Waals surface area contributed by atoms with Gasteiger partial charge in [0.05, 0.1) is 5.39 Å². The van der Waals surface area contributed by atoms with Crippen molar-refractivity contribution >= 4 is 62.6 Å². The molecule has 1 saturated heterocycles. The minimum absolute atomic E-state index is 0.0283. The molecule has 0 aliphatic carbocycles. The molecule has 190 valence electrons. The number of thiophene rings is 1. The lowest BCUT2D eigenvalue weighted by Crippen LogP contribution is -2.71. The number of carbonyl (C=O) groups is 3. The van der Waals surface area contributed by atoms with Crippen LogP contribution in [0.15, 0.2) is 58.7 Å². The predicted octanol–water partition coefficient (Wildman–Crippen LogP) is 0.740. The summed E-state index contributed by atoms with van der Waals surface area (Å²) in [5, 5.41) is 19.0. The second kappa shape index (κ2) is 10.1. The number of carboxylic acid groups (broad SMARTS) is 1. The quantitative estimate of drug-likeness (QED) is 0.162. The van der Waals surface area contributed by atoms with E-state index in [1.807, 2.05) is 34.5 Å². The number of oxime groups is 1. The van der Waals surface area contributed by atoms with E-state index in [-0.39, 0.29) is 29.5 Å². The molecule has 5 heterocycles. The highest BCUT2D eigenvalue weighted by Gasteiger charge is 2.54. The van der Waals surface area contributed by atoms with Crippen molar-refractivity contribution in [3.63, 3.8) is 0 Å². The molecule has 0 radical (unpaired) electrons. The Labute approximate surface area is 218 Å². The number of nitrogens with one attached hydrogen (secondary N) is 1. The van der Waals surface area contributed by atoms with Crippen LogP contribution in [-0.4, -0.2) is 67.2 Å². The standard InChI is InChI=1S/C23H21N7O5S2/c1-2-35-28-16(13-7-25-23(24)26-8-13)19(31)27-17-20(32)30-18(22(33)34)14(11-37-21(17)30)10-29-5-3-15-12(9-29)4-6-36-15/h3-9,17,21H,2,10-11H2,1H3,(H3-,24,25,26,27,28,31,33,34)/p+1/t17?,21-/m0/s1. The minimum atomic E-state index is -1.19. The number of nitrogens with two attached hydrogens (primary N) is 1. The van der Waals surface area contributed by atoms with Gasteiger partial charge in [-0.05, 0) is 18.4 Å². The molecule has 12 nitrogen and oxygen atoms in total. The SMILES string of the molecule is CCON=C(C(=O)NC1C(=O)N2C(C(=O)O)=C(C[n+]3ccc4sccc4c3)CS[C@@H]12)c1cnc(N)nc1. The maximum Gasteiger partial charge on any atom is 0.352 e. The number of β-lactam (4-membered cyclic amide) rings is 1. The lowest BCUT2D eigenvalue weighted by Gasteiger charge is -2.49. The molecule has 1 unspecified atom stereocenters. The molecule has 1 fully saturated rings. The summed E-state index contributed by atoms with van der Waals surface area (Å²) in [5.74, 6) is -1.95. The van der Waals surface area contributed by atoms with Gasteiger partial charge in [-0.25, -0.2) is 19.3 Å². The number of hydrogen-bond acceptors (Lipinski definition) is 10. The van der Waals surface area contributed by atoms with Crippen LogP contribution in [-0.2, 0) is 25.8 Å². The molecule has 2 aliphatic rings. The van der Waals surface area contributed by atoms with E-state index >= 15 is 0 Å². The number of fused-ring (bicyclic) bond motifs is 2. The Kier molecular flexibility index (Phi) is 6.76. The van der Waals surface area contributed by atoms with Crippen LogP contribution in [0.5, 0.6) is 0 Å². The summed E-state index contributed by atoms with van der Waals surface area (Å²) in [6.45, 7) is 2.25. The minimum Gasteiger partial charge on any atom is -0.477 e. The van der Waals surface area contributed by atoms with Gasteiger partial charge in [0.2, 0.25) is 5.95 Å². The number of thioether (sulfide) groups is 1. The van der Waals surface area contributed by atoms with Gasteiger partial charge in [0.25, 0.3) is 11.8 Å². The van der Waals surface area contributed by atoms with Crippen molar-refractivity contribution < 1.29 is 28.9 Å². The van der Waals surface area contributed by atoms with E-state index in [4.69, 9.17) is 10.6 Å². The third kappa shape index (κ3) is 4.72. The number of carboxylic acids is 1. The maximum absolute atomic E-state index is 13.1. The molecule has 2 aliphatic heterocycles. The average Bonchev–Trinajstić information content (AvgIpc) is 3.36. The fourth-order valence-corrected chi connectivity index (χ4v) is 6.20.